The summed E-state index contributed by atoms with van der Waals surface area (Å²) in [5.74, 6) is 1.51. The molecule has 3 nitrogen and oxygen atoms in total. The van der Waals surface area contributed by atoms with Crippen LogP contribution in [0.4, 0.5) is 4.39 Å². The number of rotatable bonds is 6. The van der Waals surface area contributed by atoms with Crippen molar-refractivity contribution in [3.63, 3.8) is 0 Å². The zero-order chi connectivity index (χ0) is 33.8. The van der Waals surface area contributed by atoms with E-state index in [2.05, 4.69) is 123 Å². The molecule has 3 aromatic carbocycles. The zero-order valence-electron chi connectivity index (χ0n) is 29.8. The minimum atomic E-state index is -0.309. The first-order chi connectivity index (χ1) is 21.4. The van der Waals surface area contributed by atoms with Gasteiger partial charge in [-0.2, -0.15) is 0 Å². The Balaban J connectivity index is 1.93. The summed E-state index contributed by atoms with van der Waals surface area (Å²) >= 11 is 0. The van der Waals surface area contributed by atoms with Crippen molar-refractivity contribution in [3.05, 3.63) is 87.7 Å². The lowest BCUT2D eigenvalue weighted by molar-refractivity contribution is 0.124. The van der Waals surface area contributed by atoms with Gasteiger partial charge < -0.3 is 14.0 Å². The molecule has 0 radical (unpaired) electrons. The summed E-state index contributed by atoms with van der Waals surface area (Å²) in [6.07, 6.45) is 6.47. The number of hydrogen-bond acceptors (Lipinski definition) is 2. The molecule has 2 heterocycles. The number of ether oxygens (including phenoxy) is 2. The highest BCUT2D eigenvalue weighted by molar-refractivity contribution is 5.88. The molecule has 4 aromatic rings. The van der Waals surface area contributed by atoms with Crippen LogP contribution in [0.25, 0.3) is 40.4 Å². The lowest BCUT2D eigenvalue weighted by Gasteiger charge is -2.34. The highest BCUT2D eigenvalue weighted by Crippen LogP contribution is 2.47. The Morgan fingerprint density at radius 1 is 0.935 bits per heavy atom. The second-order valence-electron chi connectivity index (χ2n) is 16.3. The fourth-order valence-corrected chi connectivity index (χ4v) is 7.28. The van der Waals surface area contributed by atoms with Crippen molar-refractivity contribution < 1.29 is 13.9 Å². The number of benzene rings is 3. The Morgan fingerprint density at radius 3 is 2.28 bits per heavy atom. The number of fused-ring (bicyclic) bond motifs is 4. The van der Waals surface area contributed by atoms with Gasteiger partial charge in [-0.05, 0) is 107 Å². The Kier molecular flexibility index (Phi) is 8.83. The van der Waals surface area contributed by atoms with Gasteiger partial charge in [-0.15, -0.1) is 0 Å². The Bertz CT molecular complexity index is 1930. The molecule has 0 bridgehead atoms. The minimum Gasteiger partial charge on any atom is -0.457 e. The van der Waals surface area contributed by atoms with Crippen LogP contribution in [0.15, 0.2) is 60.2 Å². The SMILES string of the molecule is C=c1/c(=C\C(=C/C)C(C)(C)C)c2cc(CC(C)C)ccc2n1-c1cc(C(C)(C)CC(C)(C)C)cc2c1OCOc1ccc(F)cc1-2. The smallest absolute Gasteiger partial charge is 0.231 e. The first kappa shape index (κ1) is 33.6. The molecule has 0 saturated carbocycles. The van der Waals surface area contributed by atoms with E-state index in [4.69, 9.17) is 16.1 Å². The molecule has 0 unspecified atom stereocenters. The average Bonchev–Trinajstić information content (AvgIpc) is 3.06. The fourth-order valence-electron chi connectivity index (χ4n) is 7.28. The van der Waals surface area contributed by atoms with Crippen molar-refractivity contribution in [2.75, 3.05) is 6.79 Å². The molecule has 0 amide bonds. The van der Waals surface area contributed by atoms with Crippen LogP contribution in [0, 0.1) is 22.6 Å². The molecule has 46 heavy (non-hydrogen) atoms. The van der Waals surface area contributed by atoms with Crippen LogP contribution >= 0.6 is 0 Å². The molecule has 1 aromatic heterocycles. The molecule has 0 spiro atoms. The van der Waals surface area contributed by atoms with E-state index in [0.717, 1.165) is 51.1 Å². The number of aromatic nitrogens is 1. The van der Waals surface area contributed by atoms with Crippen molar-refractivity contribution >= 4 is 23.6 Å². The number of halogens is 1. The highest BCUT2D eigenvalue weighted by atomic mass is 19.1. The molecule has 0 fully saturated rings. The minimum absolute atomic E-state index is 0.0271. The van der Waals surface area contributed by atoms with Crippen molar-refractivity contribution in [1.29, 1.82) is 0 Å². The summed E-state index contributed by atoms with van der Waals surface area (Å²) in [7, 11) is 0. The van der Waals surface area contributed by atoms with Crippen LogP contribution < -0.4 is 20.0 Å². The third-order valence-corrected chi connectivity index (χ3v) is 9.01. The van der Waals surface area contributed by atoms with Gasteiger partial charge in [0.15, 0.2) is 5.75 Å². The zero-order valence-corrected chi connectivity index (χ0v) is 29.8. The van der Waals surface area contributed by atoms with E-state index < -0.39 is 0 Å². The van der Waals surface area contributed by atoms with Crippen LogP contribution in [0.5, 0.6) is 11.5 Å². The van der Waals surface area contributed by atoms with E-state index >= 15 is 0 Å². The van der Waals surface area contributed by atoms with Crippen molar-refractivity contribution in [2.45, 2.75) is 94.4 Å². The van der Waals surface area contributed by atoms with Gasteiger partial charge >= 0.3 is 0 Å². The van der Waals surface area contributed by atoms with Gasteiger partial charge in [-0.3, -0.25) is 0 Å². The summed E-state index contributed by atoms with van der Waals surface area (Å²) in [5, 5.41) is 3.16. The van der Waals surface area contributed by atoms with E-state index in [1.165, 1.54) is 17.2 Å². The third-order valence-electron chi connectivity index (χ3n) is 9.01. The number of nitrogens with zero attached hydrogens (tertiary/aromatic N) is 1. The molecule has 1 aliphatic heterocycles. The van der Waals surface area contributed by atoms with Gasteiger partial charge in [0.05, 0.1) is 11.2 Å². The molecular weight excluding hydrogens is 569 g/mol. The molecule has 0 aliphatic carbocycles. The molecule has 244 valence electrons. The molecule has 0 atom stereocenters. The maximum absolute atomic E-state index is 14.8. The van der Waals surface area contributed by atoms with E-state index in [1.807, 2.05) is 0 Å². The third kappa shape index (κ3) is 6.68. The maximum atomic E-state index is 14.8. The number of hydrogen-bond donors (Lipinski definition) is 0. The Hall–Kier alpha value is -3.79. The van der Waals surface area contributed by atoms with Gasteiger partial charge in [0, 0.05) is 27.1 Å². The summed E-state index contributed by atoms with van der Waals surface area (Å²) in [6, 6.07) is 15.9. The van der Waals surface area contributed by atoms with Gasteiger partial charge in [0.2, 0.25) is 6.79 Å². The quantitative estimate of drug-likeness (QED) is 0.214. The summed E-state index contributed by atoms with van der Waals surface area (Å²) < 4.78 is 29.6. The molecule has 4 heteroatoms. The summed E-state index contributed by atoms with van der Waals surface area (Å²) in [6.45, 7) is 29.5. The normalized spacial score (nSPS) is 14.6. The Labute approximate surface area is 275 Å². The lowest BCUT2D eigenvalue weighted by Crippen LogP contribution is -2.29. The Morgan fingerprint density at radius 2 is 1.65 bits per heavy atom. The lowest BCUT2D eigenvalue weighted by atomic mass is 9.71. The van der Waals surface area contributed by atoms with Gasteiger partial charge in [0.25, 0.3) is 0 Å². The first-order valence-electron chi connectivity index (χ1n) is 16.6. The van der Waals surface area contributed by atoms with Gasteiger partial charge in [-0.1, -0.05) is 88.0 Å². The van der Waals surface area contributed by atoms with Crippen molar-refractivity contribution in [2.24, 2.45) is 16.7 Å². The average molecular weight is 622 g/mol. The molecule has 0 N–H and O–H groups in total. The van der Waals surface area contributed by atoms with E-state index in [0.29, 0.717) is 23.0 Å². The van der Waals surface area contributed by atoms with Crippen LogP contribution in [-0.4, -0.2) is 11.4 Å². The second kappa shape index (κ2) is 12.1. The van der Waals surface area contributed by atoms with Crippen LogP contribution in [0.3, 0.4) is 0 Å². The van der Waals surface area contributed by atoms with Crippen LogP contribution in [0.2, 0.25) is 0 Å². The first-order valence-corrected chi connectivity index (χ1v) is 16.6. The van der Waals surface area contributed by atoms with Crippen LogP contribution in [-0.2, 0) is 11.8 Å². The van der Waals surface area contributed by atoms with Gasteiger partial charge in [-0.25, -0.2) is 4.39 Å². The summed E-state index contributed by atoms with van der Waals surface area (Å²) in [5.41, 5.74) is 7.07. The van der Waals surface area contributed by atoms with Gasteiger partial charge in [0.1, 0.15) is 11.6 Å². The topological polar surface area (TPSA) is 23.4 Å². The predicted molar refractivity (Wildman–Crippen MR) is 193 cm³/mol. The highest BCUT2D eigenvalue weighted by Gasteiger charge is 2.31. The standard InChI is InChI=1S/C42H52FNO2/c1-13-29(41(8,9)10)20-32-27(4)44(36-16-14-28(18-26(2)3)19-33(32)36)37-22-30(42(11,12)24-40(5,6)7)21-35-34-23-31(43)15-17-38(34)45-25-46-39(35)37/h13-17,19-23,26H,4,18,24-25H2,1-3,5-12H3/b29-13+,32-20+. The van der Waals surface area contributed by atoms with E-state index in [1.54, 1.807) is 12.1 Å². The van der Waals surface area contributed by atoms with Crippen molar-refractivity contribution in [3.8, 4) is 28.3 Å². The molecule has 0 saturated heterocycles. The fraction of sp³-hybridized carbons (Fsp3) is 0.429. The summed E-state index contributed by atoms with van der Waals surface area (Å²) in [4.78, 5) is 0. The van der Waals surface area contributed by atoms with E-state index in [-0.39, 0.29) is 28.9 Å². The predicted octanol–water partition coefficient (Wildman–Crippen LogP) is 10.3. The van der Waals surface area contributed by atoms with Crippen molar-refractivity contribution in [1.82, 2.24) is 4.57 Å². The monoisotopic (exact) mass is 621 g/mol. The molecule has 5 rings (SSSR count). The maximum Gasteiger partial charge on any atom is 0.231 e. The number of allylic oxidation sites excluding steroid dienone is 2. The van der Waals surface area contributed by atoms with E-state index in [9.17, 15) is 4.39 Å². The van der Waals surface area contributed by atoms with Crippen LogP contribution in [0.1, 0.15) is 93.7 Å². The molecule has 1 aliphatic rings. The largest absolute Gasteiger partial charge is 0.457 e. The molecular formula is C42H52FNO2. The second-order valence-corrected chi connectivity index (χ2v) is 16.3.